The highest BCUT2D eigenvalue weighted by atomic mass is 32.2. The molecule has 0 bridgehead atoms. The third-order valence-electron chi connectivity index (χ3n) is 3.66. The standard InChI is InChI=1S/C19H19N3O3S/c1-21(2)12-11-19(23)16-5-4-6-17(13-16)22(3)26(24,25)18-9-7-15(14-20)8-10-18/h4-13H,1-3H3/b12-11+. The van der Waals surface area contributed by atoms with Gasteiger partial charge in [0, 0.05) is 39.0 Å². The van der Waals surface area contributed by atoms with Crippen LogP contribution in [0.1, 0.15) is 15.9 Å². The molecule has 0 aliphatic carbocycles. The van der Waals surface area contributed by atoms with E-state index in [4.69, 9.17) is 5.26 Å². The van der Waals surface area contributed by atoms with Crippen molar-refractivity contribution in [3.63, 3.8) is 0 Å². The van der Waals surface area contributed by atoms with E-state index in [9.17, 15) is 13.2 Å². The molecule has 0 aliphatic rings. The molecule has 0 aliphatic heterocycles. The number of ketones is 1. The summed E-state index contributed by atoms with van der Waals surface area (Å²) >= 11 is 0. The van der Waals surface area contributed by atoms with Crippen molar-refractivity contribution in [3.8, 4) is 6.07 Å². The van der Waals surface area contributed by atoms with Gasteiger partial charge in [-0.15, -0.1) is 0 Å². The largest absolute Gasteiger partial charge is 0.383 e. The first-order chi connectivity index (χ1) is 12.3. The van der Waals surface area contributed by atoms with Crippen LogP contribution in [0, 0.1) is 11.3 Å². The zero-order valence-electron chi connectivity index (χ0n) is 14.7. The van der Waals surface area contributed by atoms with E-state index in [1.165, 1.54) is 43.5 Å². The summed E-state index contributed by atoms with van der Waals surface area (Å²) in [4.78, 5) is 14.0. The molecule has 6 nitrogen and oxygen atoms in total. The van der Waals surface area contributed by atoms with E-state index in [-0.39, 0.29) is 10.7 Å². The van der Waals surface area contributed by atoms with Gasteiger partial charge in [0.05, 0.1) is 22.2 Å². The maximum Gasteiger partial charge on any atom is 0.264 e. The Morgan fingerprint density at radius 2 is 1.73 bits per heavy atom. The number of anilines is 1. The van der Waals surface area contributed by atoms with Crippen molar-refractivity contribution in [3.05, 3.63) is 71.9 Å². The monoisotopic (exact) mass is 369 g/mol. The second-order valence-corrected chi connectivity index (χ2v) is 7.77. The summed E-state index contributed by atoms with van der Waals surface area (Å²) in [5.41, 5.74) is 1.15. The maximum atomic E-state index is 12.8. The van der Waals surface area contributed by atoms with Gasteiger partial charge in [0.15, 0.2) is 5.78 Å². The third-order valence-corrected chi connectivity index (χ3v) is 5.46. The Hall–Kier alpha value is -3.11. The molecule has 0 amide bonds. The number of sulfonamides is 1. The molecule has 7 heteroatoms. The highest BCUT2D eigenvalue weighted by Gasteiger charge is 2.21. The van der Waals surface area contributed by atoms with Gasteiger partial charge in [-0.2, -0.15) is 5.26 Å². The maximum absolute atomic E-state index is 12.8. The van der Waals surface area contributed by atoms with Gasteiger partial charge < -0.3 is 4.90 Å². The molecule has 0 aromatic heterocycles. The Kier molecular flexibility index (Phi) is 5.80. The number of nitrogens with zero attached hydrogens (tertiary/aromatic N) is 3. The van der Waals surface area contributed by atoms with Crippen LogP contribution in [0.4, 0.5) is 5.69 Å². The van der Waals surface area contributed by atoms with E-state index < -0.39 is 10.0 Å². The first kappa shape index (κ1) is 19.2. The van der Waals surface area contributed by atoms with Crippen molar-refractivity contribution < 1.29 is 13.2 Å². The molecule has 2 aromatic rings. The molecule has 0 saturated carbocycles. The Balaban J connectivity index is 2.34. The van der Waals surface area contributed by atoms with E-state index in [1.807, 2.05) is 6.07 Å². The number of rotatable bonds is 6. The molecule has 0 fully saturated rings. The third kappa shape index (κ3) is 4.29. The van der Waals surface area contributed by atoms with Gasteiger partial charge in [-0.3, -0.25) is 9.10 Å². The molecule has 0 unspecified atom stereocenters. The van der Waals surface area contributed by atoms with E-state index in [2.05, 4.69) is 0 Å². The van der Waals surface area contributed by atoms with Crippen molar-refractivity contribution >= 4 is 21.5 Å². The Bertz CT molecular complexity index is 972. The average molecular weight is 369 g/mol. The summed E-state index contributed by atoms with van der Waals surface area (Å²) in [5.74, 6) is -0.218. The average Bonchev–Trinajstić information content (AvgIpc) is 2.65. The van der Waals surface area contributed by atoms with Gasteiger partial charge in [0.2, 0.25) is 0 Å². The minimum atomic E-state index is -3.80. The van der Waals surface area contributed by atoms with E-state index >= 15 is 0 Å². The molecule has 0 heterocycles. The lowest BCUT2D eigenvalue weighted by Gasteiger charge is -2.20. The van der Waals surface area contributed by atoms with Crippen LogP contribution in [0.5, 0.6) is 0 Å². The number of hydrogen-bond donors (Lipinski definition) is 0. The SMILES string of the molecule is CN(C)/C=C/C(=O)c1cccc(N(C)S(=O)(=O)c2ccc(C#N)cc2)c1. The molecule has 0 atom stereocenters. The first-order valence-electron chi connectivity index (χ1n) is 7.74. The van der Waals surface area contributed by atoms with Crippen molar-refractivity contribution in [1.82, 2.24) is 4.90 Å². The minimum absolute atomic E-state index is 0.0724. The Morgan fingerprint density at radius 1 is 1.08 bits per heavy atom. The topological polar surface area (TPSA) is 81.5 Å². The number of carbonyl (C=O) groups is 1. The summed E-state index contributed by atoms with van der Waals surface area (Å²) in [6.07, 6.45) is 3.06. The van der Waals surface area contributed by atoms with E-state index in [1.54, 1.807) is 43.4 Å². The molecule has 2 rings (SSSR count). The molecule has 0 radical (unpaired) electrons. The van der Waals surface area contributed by atoms with Crippen molar-refractivity contribution in [2.75, 3.05) is 25.4 Å². The highest BCUT2D eigenvalue weighted by Crippen LogP contribution is 2.23. The molecule has 0 N–H and O–H groups in total. The smallest absolute Gasteiger partial charge is 0.264 e. The van der Waals surface area contributed by atoms with Crippen LogP contribution in [0.15, 0.2) is 65.7 Å². The fourth-order valence-corrected chi connectivity index (χ4v) is 3.35. The van der Waals surface area contributed by atoms with E-state index in [0.29, 0.717) is 16.8 Å². The van der Waals surface area contributed by atoms with Crippen molar-refractivity contribution in [2.45, 2.75) is 4.90 Å². The molecule has 0 spiro atoms. The summed E-state index contributed by atoms with van der Waals surface area (Å²) in [5, 5.41) is 8.83. The van der Waals surface area contributed by atoms with Crippen molar-refractivity contribution in [2.24, 2.45) is 0 Å². The van der Waals surface area contributed by atoms with Crippen LogP contribution in [0.2, 0.25) is 0 Å². The van der Waals surface area contributed by atoms with E-state index in [0.717, 1.165) is 4.31 Å². The van der Waals surface area contributed by atoms with Gasteiger partial charge >= 0.3 is 0 Å². The fraction of sp³-hybridized carbons (Fsp3) is 0.158. The number of allylic oxidation sites excluding steroid dienone is 1. The van der Waals surface area contributed by atoms with Crippen LogP contribution in [-0.4, -0.2) is 40.2 Å². The summed E-state index contributed by atoms with van der Waals surface area (Å²) in [6.45, 7) is 0. The Morgan fingerprint density at radius 3 is 2.31 bits per heavy atom. The van der Waals surface area contributed by atoms with Crippen LogP contribution in [0.25, 0.3) is 0 Å². The lowest BCUT2D eigenvalue weighted by molar-refractivity contribution is 0.104. The number of benzene rings is 2. The molecule has 2 aromatic carbocycles. The summed E-state index contributed by atoms with van der Waals surface area (Å²) in [7, 11) is 1.23. The Labute approximate surface area is 153 Å². The van der Waals surface area contributed by atoms with Gasteiger partial charge in [0.25, 0.3) is 10.0 Å². The van der Waals surface area contributed by atoms with Gasteiger partial charge in [-0.1, -0.05) is 12.1 Å². The van der Waals surface area contributed by atoms with Crippen LogP contribution in [0.3, 0.4) is 0 Å². The first-order valence-corrected chi connectivity index (χ1v) is 9.18. The van der Waals surface area contributed by atoms with Crippen LogP contribution >= 0.6 is 0 Å². The second-order valence-electron chi connectivity index (χ2n) is 5.80. The molecule has 26 heavy (non-hydrogen) atoms. The van der Waals surface area contributed by atoms with Gasteiger partial charge in [-0.25, -0.2) is 8.42 Å². The highest BCUT2D eigenvalue weighted by molar-refractivity contribution is 7.92. The number of hydrogen-bond acceptors (Lipinski definition) is 5. The fourth-order valence-electron chi connectivity index (χ4n) is 2.17. The zero-order valence-corrected chi connectivity index (χ0v) is 15.6. The van der Waals surface area contributed by atoms with Crippen LogP contribution < -0.4 is 4.31 Å². The zero-order chi connectivity index (χ0) is 19.3. The lowest BCUT2D eigenvalue weighted by Crippen LogP contribution is -2.26. The van der Waals surface area contributed by atoms with Gasteiger partial charge in [0.1, 0.15) is 0 Å². The summed E-state index contributed by atoms with van der Waals surface area (Å²) < 4.78 is 26.6. The second kappa shape index (κ2) is 7.85. The van der Waals surface area contributed by atoms with Gasteiger partial charge in [-0.05, 0) is 36.4 Å². The molecule has 134 valence electrons. The minimum Gasteiger partial charge on any atom is -0.383 e. The predicted octanol–water partition coefficient (Wildman–Crippen LogP) is 2.64. The van der Waals surface area contributed by atoms with Crippen molar-refractivity contribution in [1.29, 1.82) is 5.26 Å². The molecular weight excluding hydrogens is 350 g/mol. The normalized spacial score (nSPS) is 11.2. The number of carbonyl (C=O) groups excluding carboxylic acids is 1. The quantitative estimate of drug-likeness (QED) is 0.577. The molecule has 0 saturated heterocycles. The summed E-state index contributed by atoms with van der Waals surface area (Å²) in [6, 6.07) is 14.0. The number of nitriles is 1. The van der Waals surface area contributed by atoms with Crippen LogP contribution in [-0.2, 0) is 10.0 Å². The predicted molar refractivity (Wildman–Crippen MR) is 100 cm³/mol. The molecular formula is C19H19N3O3S. The lowest BCUT2D eigenvalue weighted by atomic mass is 10.1.